The first-order chi connectivity index (χ1) is 16.2. The van der Waals surface area contributed by atoms with Crippen LogP contribution in [0.15, 0.2) is 36.8 Å². The number of Topliss-reactive ketones (excluding diaryl/α,β-unsaturated/α-hetero) is 1. The molecule has 0 spiro atoms. The number of aromatic nitrogens is 3. The van der Waals surface area contributed by atoms with Gasteiger partial charge in [-0.15, -0.1) is 0 Å². The summed E-state index contributed by atoms with van der Waals surface area (Å²) in [6.07, 6.45) is -7.03. The second-order valence-corrected chi connectivity index (χ2v) is 7.92. The molecule has 3 heterocycles. The van der Waals surface area contributed by atoms with E-state index in [9.17, 15) is 35.9 Å². The van der Waals surface area contributed by atoms with Crippen LogP contribution in [0, 0.1) is 0 Å². The fourth-order valence-corrected chi connectivity index (χ4v) is 3.38. The SMILES string of the molecule is CC(C(=O)c1c[nH]c(C(=O)NNc2ncc(C(F)(F)F)cc2Cl)c1)c1ncc(C(F)(F)F)cc1Cl. The van der Waals surface area contributed by atoms with Gasteiger partial charge in [-0.2, -0.15) is 26.3 Å². The van der Waals surface area contributed by atoms with Crippen molar-refractivity contribution in [1.82, 2.24) is 20.4 Å². The maximum absolute atomic E-state index is 12.8. The number of halogens is 8. The molecule has 3 N–H and O–H groups in total. The van der Waals surface area contributed by atoms with E-state index in [0.29, 0.717) is 24.5 Å². The molecule has 0 saturated carbocycles. The number of nitrogens with one attached hydrogen (secondary N) is 3. The number of H-pyrrole nitrogens is 1. The number of carbonyl (C=O) groups excluding carboxylic acids is 2. The smallest absolute Gasteiger partial charge is 0.356 e. The van der Waals surface area contributed by atoms with E-state index in [1.54, 1.807) is 0 Å². The standard InChI is InChI=1S/C20H13Cl2F6N5O2/c1-8(15-12(21)3-10(6-30-15)19(23,24)25)16(34)9-2-14(29-5-9)18(35)33-32-17-13(22)4-11(7-31-17)20(26,27)28/h2-8,29H,1H3,(H,31,32)(H,33,35). The Morgan fingerprint density at radius 3 is 2.06 bits per heavy atom. The van der Waals surface area contributed by atoms with Crippen LogP contribution in [0.3, 0.4) is 0 Å². The van der Waals surface area contributed by atoms with Crippen LogP contribution in [0.2, 0.25) is 10.0 Å². The molecule has 3 aromatic rings. The number of nitrogens with zero attached hydrogens (tertiary/aromatic N) is 2. The van der Waals surface area contributed by atoms with Crippen molar-refractivity contribution in [3.05, 3.63) is 74.9 Å². The van der Waals surface area contributed by atoms with Crippen molar-refractivity contribution in [2.45, 2.75) is 25.2 Å². The van der Waals surface area contributed by atoms with Gasteiger partial charge >= 0.3 is 12.4 Å². The number of hydrogen-bond acceptors (Lipinski definition) is 5. The molecule has 0 aliphatic carbocycles. The number of hydrazine groups is 1. The van der Waals surface area contributed by atoms with Crippen molar-refractivity contribution in [2.24, 2.45) is 0 Å². The highest BCUT2D eigenvalue weighted by Gasteiger charge is 2.33. The number of ketones is 1. The van der Waals surface area contributed by atoms with Crippen LogP contribution in [0.1, 0.15) is 50.5 Å². The van der Waals surface area contributed by atoms with Crippen LogP contribution in [0.5, 0.6) is 0 Å². The number of alkyl halides is 6. The van der Waals surface area contributed by atoms with Gasteiger partial charge in [-0.1, -0.05) is 23.2 Å². The Morgan fingerprint density at radius 2 is 1.51 bits per heavy atom. The predicted octanol–water partition coefficient (Wildman–Crippen LogP) is 5.89. The minimum absolute atomic E-state index is 0.00565. The van der Waals surface area contributed by atoms with Gasteiger partial charge in [0.1, 0.15) is 5.69 Å². The minimum atomic E-state index is -4.65. The third kappa shape index (κ3) is 6.03. The lowest BCUT2D eigenvalue weighted by Crippen LogP contribution is -2.30. The second-order valence-electron chi connectivity index (χ2n) is 7.11. The van der Waals surface area contributed by atoms with Crippen LogP contribution in [0.4, 0.5) is 32.2 Å². The lowest BCUT2D eigenvalue weighted by Gasteiger charge is -2.13. The first-order valence-corrected chi connectivity index (χ1v) is 10.2. The van der Waals surface area contributed by atoms with E-state index in [-0.39, 0.29) is 27.8 Å². The monoisotopic (exact) mass is 539 g/mol. The van der Waals surface area contributed by atoms with Crippen LogP contribution in [-0.2, 0) is 12.4 Å². The normalized spacial score (nSPS) is 12.8. The second kappa shape index (κ2) is 9.74. The van der Waals surface area contributed by atoms with Crippen LogP contribution in [-0.4, -0.2) is 26.6 Å². The quantitative estimate of drug-likeness (QED) is 0.206. The zero-order valence-electron chi connectivity index (χ0n) is 17.3. The molecule has 15 heteroatoms. The molecule has 0 aromatic carbocycles. The number of rotatable bonds is 6. The van der Waals surface area contributed by atoms with E-state index in [4.69, 9.17) is 23.2 Å². The Kier molecular flexibility index (Phi) is 7.31. The molecule has 3 rings (SSSR count). The summed E-state index contributed by atoms with van der Waals surface area (Å²) in [6.45, 7) is 1.39. The number of anilines is 1. The van der Waals surface area contributed by atoms with Crippen LogP contribution >= 0.6 is 23.2 Å². The molecular weight excluding hydrogens is 527 g/mol. The predicted molar refractivity (Wildman–Crippen MR) is 113 cm³/mol. The van der Waals surface area contributed by atoms with Gasteiger partial charge in [0.15, 0.2) is 11.6 Å². The highest BCUT2D eigenvalue weighted by molar-refractivity contribution is 6.33. The van der Waals surface area contributed by atoms with E-state index < -0.39 is 46.1 Å². The summed E-state index contributed by atoms with van der Waals surface area (Å²) in [6, 6.07) is 2.45. The van der Waals surface area contributed by atoms with Crippen molar-refractivity contribution in [1.29, 1.82) is 0 Å². The Morgan fingerprint density at radius 1 is 0.943 bits per heavy atom. The highest BCUT2D eigenvalue weighted by atomic mass is 35.5. The van der Waals surface area contributed by atoms with E-state index >= 15 is 0 Å². The highest BCUT2D eigenvalue weighted by Crippen LogP contribution is 2.34. The summed E-state index contributed by atoms with van der Waals surface area (Å²) >= 11 is 11.6. The summed E-state index contributed by atoms with van der Waals surface area (Å²) in [5.41, 5.74) is 2.08. The molecule has 1 atom stereocenters. The topological polar surface area (TPSA) is 99.8 Å². The van der Waals surface area contributed by atoms with Gasteiger partial charge in [0.05, 0.1) is 32.8 Å². The summed E-state index contributed by atoms with van der Waals surface area (Å²) < 4.78 is 76.4. The molecule has 3 aromatic heterocycles. The van der Waals surface area contributed by atoms with Crippen molar-refractivity contribution in [3.8, 4) is 0 Å². The van der Waals surface area contributed by atoms with Gasteiger partial charge in [0.2, 0.25) is 0 Å². The van der Waals surface area contributed by atoms with E-state index in [2.05, 4.69) is 25.8 Å². The minimum Gasteiger partial charge on any atom is -0.356 e. The first-order valence-electron chi connectivity index (χ1n) is 9.43. The van der Waals surface area contributed by atoms with Crippen molar-refractivity contribution in [2.75, 3.05) is 5.43 Å². The zero-order chi connectivity index (χ0) is 26.1. The lowest BCUT2D eigenvalue weighted by molar-refractivity contribution is -0.138. The van der Waals surface area contributed by atoms with E-state index in [1.807, 2.05) is 0 Å². The molecule has 1 unspecified atom stereocenters. The first kappa shape index (κ1) is 26.3. The number of aromatic amines is 1. The Balaban J connectivity index is 1.68. The van der Waals surface area contributed by atoms with E-state index in [0.717, 1.165) is 6.07 Å². The van der Waals surface area contributed by atoms with Gasteiger partial charge in [-0.3, -0.25) is 25.4 Å². The number of carbonyl (C=O) groups is 2. The summed E-state index contributed by atoms with van der Waals surface area (Å²) in [7, 11) is 0. The van der Waals surface area contributed by atoms with E-state index in [1.165, 1.54) is 13.1 Å². The third-order valence-electron chi connectivity index (χ3n) is 4.68. The molecule has 0 aliphatic heterocycles. The lowest BCUT2D eigenvalue weighted by atomic mass is 9.97. The largest absolute Gasteiger partial charge is 0.417 e. The van der Waals surface area contributed by atoms with Gasteiger partial charge < -0.3 is 4.98 Å². The fraction of sp³-hybridized carbons (Fsp3) is 0.200. The number of pyridine rings is 2. The summed E-state index contributed by atoms with van der Waals surface area (Å²) in [5.74, 6) is -2.70. The zero-order valence-corrected chi connectivity index (χ0v) is 18.8. The Labute approximate surface area is 202 Å². The van der Waals surface area contributed by atoms with Crippen molar-refractivity contribution >= 4 is 40.7 Å². The third-order valence-corrected chi connectivity index (χ3v) is 5.27. The fourth-order valence-electron chi connectivity index (χ4n) is 2.83. The molecule has 35 heavy (non-hydrogen) atoms. The molecule has 0 aliphatic rings. The molecule has 0 saturated heterocycles. The van der Waals surface area contributed by atoms with Crippen molar-refractivity contribution < 1.29 is 35.9 Å². The van der Waals surface area contributed by atoms with Gasteiger partial charge in [0, 0.05) is 24.2 Å². The summed E-state index contributed by atoms with van der Waals surface area (Å²) in [5, 5.41) is -0.753. The average molecular weight is 540 g/mol. The van der Waals surface area contributed by atoms with Gasteiger partial charge in [0.25, 0.3) is 5.91 Å². The van der Waals surface area contributed by atoms with Crippen LogP contribution in [0.25, 0.3) is 0 Å². The molecule has 0 radical (unpaired) electrons. The van der Waals surface area contributed by atoms with Gasteiger partial charge in [-0.25, -0.2) is 4.98 Å². The maximum Gasteiger partial charge on any atom is 0.417 e. The molecular formula is C20H13Cl2F6N5O2. The van der Waals surface area contributed by atoms with Crippen LogP contribution < -0.4 is 10.9 Å². The van der Waals surface area contributed by atoms with Crippen molar-refractivity contribution in [3.63, 3.8) is 0 Å². The Bertz CT molecular complexity index is 1280. The maximum atomic E-state index is 12.8. The van der Waals surface area contributed by atoms with Gasteiger partial charge in [-0.05, 0) is 25.1 Å². The molecule has 1 amide bonds. The summed E-state index contributed by atoms with van der Waals surface area (Å²) in [4.78, 5) is 34.8. The number of amides is 1. The Hall–Kier alpha value is -3.32. The molecule has 0 fully saturated rings. The molecule has 186 valence electrons. The average Bonchev–Trinajstić information content (AvgIpc) is 3.26. The molecule has 0 bridgehead atoms. The number of hydrogen-bond donors (Lipinski definition) is 3. The molecule has 7 nitrogen and oxygen atoms in total.